The van der Waals surface area contributed by atoms with Crippen LogP contribution in [0.5, 0.6) is 0 Å². The topological polar surface area (TPSA) is 86.6 Å². The number of aliphatic hydroxyl groups is 1. The van der Waals surface area contributed by atoms with Crippen molar-refractivity contribution in [3.8, 4) is 0 Å². The van der Waals surface area contributed by atoms with Crippen LogP contribution in [0.4, 0.5) is 0 Å². The predicted molar refractivity (Wildman–Crippen MR) is 97.4 cm³/mol. The molecule has 25 heavy (non-hydrogen) atoms. The van der Waals surface area contributed by atoms with Gasteiger partial charge in [0.15, 0.2) is 0 Å². The minimum absolute atomic E-state index is 0.0696. The van der Waals surface area contributed by atoms with Crippen LogP contribution < -0.4 is 5.32 Å². The van der Waals surface area contributed by atoms with E-state index in [9.17, 15) is 19.8 Å². The first-order valence-corrected chi connectivity index (χ1v) is 8.61. The Balaban J connectivity index is 1.76. The number of carboxylic acid groups (broad SMARTS) is 1. The Morgan fingerprint density at radius 1 is 1.08 bits per heavy atom. The molecule has 1 amide bonds. The van der Waals surface area contributed by atoms with Gasteiger partial charge in [0.05, 0.1) is 17.0 Å². The third-order valence-electron chi connectivity index (χ3n) is 4.02. The van der Waals surface area contributed by atoms with Crippen LogP contribution in [0.2, 0.25) is 0 Å². The average Bonchev–Trinajstić information content (AvgIpc) is 3.07. The zero-order valence-corrected chi connectivity index (χ0v) is 14.1. The minimum atomic E-state index is -1.01. The summed E-state index contributed by atoms with van der Waals surface area (Å²) in [6.45, 7) is 0.235. The summed E-state index contributed by atoms with van der Waals surface area (Å²) in [4.78, 5) is 24.2. The van der Waals surface area contributed by atoms with Crippen LogP contribution in [0.15, 0.2) is 54.6 Å². The summed E-state index contributed by atoms with van der Waals surface area (Å²) in [5.74, 6) is -1.47. The largest absolute Gasteiger partial charge is 0.478 e. The van der Waals surface area contributed by atoms with Crippen LogP contribution in [0, 0.1) is 0 Å². The SMILES string of the molecule is O=C(NCC(CO)c1ccccc1)c1cc2c(C(=O)O)cccc2s1. The lowest BCUT2D eigenvalue weighted by Gasteiger charge is -2.15. The second-order valence-corrected chi connectivity index (χ2v) is 6.72. The number of nitrogens with one attached hydrogen (secondary N) is 1. The van der Waals surface area contributed by atoms with Crippen LogP contribution in [0.25, 0.3) is 10.1 Å². The number of aliphatic hydroxyl groups excluding tert-OH is 1. The first-order valence-electron chi connectivity index (χ1n) is 7.80. The van der Waals surface area contributed by atoms with Gasteiger partial charge in [-0.05, 0) is 23.8 Å². The Kier molecular flexibility index (Phi) is 5.11. The third-order valence-corrected chi connectivity index (χ3v) is 5.12. The third kappa shape index (κ3) is 3.70. The summed E-state index contributed by atoms with van der Waals surface area (Å²) >= 11 is 1.25. The van der Waals surface area contributed by atoms with E-state index in [0.717, 1.165) is 10.3 Å². The summed E-state index contributed by atoms with van der Waals surface area (Å²) in [7, 11) is 0. The molecule has 0 fully saturated rings. The Labute approximate surface area is 148 Å². The highest BCUT2D eigenvalue weighted by molar-refractivity contribution is 7.20. The van der Waals surface area contributed by atoms with E-state index in [2.05, 4.69) is 5.32 Å². The van der Waals surface area contributed by atoms with Crippen molar-refractivity contribution in [2.24, 2.45) is 0 Å². The van der Waals surface area contributed by atoms with Crippen LogP contribution in [0.3, 0.4) is 0 Å². The second kappa shape index (κ2) is 7.46. The van der Waals surface area contributed by atoms with E-state index < -0.39 is 5.97 Å². The molecule has 0 aliphatic rings. The number of rotatable bonds is 6. The maximum absolute atomic E-state index is 12.4. The quantitative estimate of drug-likeness (QED) is 0.634. The summed E-state index contributed by atoms with van der Waals surface area (Å²) in [6.07, 6.45) is 0. The number of carbonyl (C=O) groups excluding carboxylic acids is 1. The van der Waals surface area contributed by atoms with Crippen LogP contribution in [0.1, 0.15) is 31.5 Å². The molecule has 0 aliphatic heterocycles. The van der Waals surface area contributed by atoms with Gasteiger partial charge in [0.1, 0.15) is 0 Å². The fourth-order valence-electron chi connectivity index (χ4n) is 2.68. The minimum Gasteiger partial charge on any atom is -0.478 e. The number of benzene rings is 2. The van der Waals surface area contributed by atoms with Gasteiger partial charge in [-0.3, -0.25) is 4.79 Å². The normalized spacial score (nSPS) is 12.0. The van der Waals surface area contributed by atoms with Crippen molar-refractivity contribution >= 4 is 33.3 Å². The lowest BCUT2D eigenvalue weighted by molar-refractivity contribution is 0.0698. The van der Waals surface area contributed by atoms with Gasteiger partial charge in [-0.15, -0.1) is 11.3 Å². The van der Waals surface area contributed by atoms with Gasteiger partial charge in [-0.2, -0.15) is 0 Å². The number of aromatic carboxylic acids is 1. The van der Waals surface area contributed by atoms with E-state index >= 15 is 0 Å². The molecule has 3 N–H and O–H groups in total. The molecule has 5 nitrogen and oxygen atoms in total. The fraction of sp³-hybridized carbons (Fsp3) is 0.158. The van der Waals surface area contributed by atoms with Crippen molar-refractivity contribution in [3.63, 3.8) is 0 Å². The molecule has 3 rings (SSSR count). The van der Waals surface area contributed by atoms with Crippen molar-refractivity contribution in [1.29, 1.82) is 0 Å². The molecule has 0 spiro atoms. The number of thiophene rings is 1. The molecule has 0 saturated heterocycles. The molecule has 2 aromatic carbocycles. The lowest BCUT2D eigenvalue weighted by atomic mass is 10.0. The molecule has 3 aromatic rings. The molecule has 0 saturated carbocycles. The highest BCUT2D eigenvalue weighted by Crippen LogP contribution is 2.28. The number of carboxylic acids is 1. The first-order chi connectivity index (χ1) is 12.1. The summed E-state index contributed by atoms with van der Waals surface area (Å²) in [6, 6.07) is 16.1. The summed E-state index contributed by atoms with van der Waals surface area (Å²) in [5.41, 5.74) is 1.14. The van der Waals surface area contributed by atoms with Gasteiger partial charge in [0.25, 0.3) is 5.91 Å². The number of fused-ring (bicyclic) bond motifs is 1. The van der Waals surface area contributed by atoms with Crippen LogP contribution in [-0.4, -0.2) is 35.2 Å². The maximum Gasteiger partial charge on any atom is 0.336 e. The molecule has 6 heteroatoms. The van der Waals surface area contributed by atoms with E-state index in [-0.39, 0.29) is 24.0 Å². The van der Waals surface area contributed by atoms with Crippen molar-refractivity contribution < 1.29 is 19.8 Å². The number of hydrogen-bond acceptors (Lipinski definition) is 4. The Morgan fingerprint density at radius 2 is 1.84 bits per heavy atom. The molecule has 128 valence electrons. The Bertz CT molecular complexity index is 904. The summed E-state index contributed by atoms with van der Waals surface area (Å²) < 4.78 is 0.756. The highest BCUT2D eigenvalue weighted by Gasteiger charge is 2.17. The summed E-state index contributed by atoms with van der Waals surface area (Å²) in [5, 5.41) is 22.2. The molecular weight excluding hydrogens is 338 g/mol. The number of carbonyl (C=O) groups is 2. The lowest BCUT2D eigenvalue weighted by Crippen LogP contribution is -2.29. The highest BCUT2D eigenvalue weighted by atomic mass is 32.1. The zero-order chi connectivity index (χ0) is 17.8. The molecule has 0 aliphatic carbocycles. The van der Waals surface area contributed by atoms with Gasteiger partial charge in [-0.1, -0.05) is 36.4 Å². The van der Waals surface area contributed by atoms with Crippen molar-refractivity contribution in [1.82, 2.24) is 5.32 Å². The van der Waals surface area contributed by atoms with Gasteiger partial charge < -0.3 is 15.5 Å². The van der Waals surface area contributed by atoms with Crippen molar-refractivity contribution in [3.05, 3.63) is 70.6 Å². The van der Waals surface area contributed by atoms with Crippen molar-refractivity contribution in [2.45, 2.75) is 5.92 Å². The molecule has 1 unspecified atom stereocenters. The van der Waals surface area contributed by atoms with E-state index in [1.807, 2.05) is 30.3 Å². The van der Waals surface area contributed by atoms with Crippen LogP contribution in [-0.2, 0) is 0 Å². The molecule has 1 heterocycles. The molecular formula is C19H17NO4S. The Morgan fingerprint density at radius 3 is 2.52 bits per heavy atom. The smallest absolute Gasteiger partial charge is 0.336 e. The predicted octanol–water partition coefficient (Wildman–Crippen LogP) is 3.11. The number of amides is 1. The van der Waals surface area contributed by atoms with Gasteiger partial charge >= 0.3 is 5.97 Å². The van der Waals surface area contributed by atoms with E-state index in [1.165, 1.54) is 17.4 Å². The molecule has 0 radical (unpaired) electrons. The maximum atomic E-state index is 12.4. The zero-order valence-electron chi connectivity index (χ0n) is 13.3. The second-order valence-electron chi connectivity index (χ2n) is 5.63. The van der Waals surface area contributed by atoms with E-state index in [1.54, 1.807) is 18.2 Å². The average molecular weight is 355 g/mol. The standard InChI is InChI=1S/C19H17NO4S/c21-11-13(12-5-2-1-3-6-12)10-20-18(22)17-9-15-14(19(23)24)7-4-8-16(15)25-17/h1-9,13,21H,10-11H2,(H,20,22)(H,23,24). The van der Waals surface area contributed by atoms with Crippen LogP contribution >= 0.6 is 11.3 Å². The monoisotopic (exact) mass is 355 g/mol. The van der Waals surface area contributed by atoms with Crippen molar-refractivity contribution in [2.75, 3.05) is 13.2 Å². The number of hydrogen-bond donors (Lipinski definition) is 3. The van der Waals surface area contributed by atoms with Gasteiger partial charge in [0, 0.05) is 22.5 Å². The van der Waals surface area contributed by atoms with E-state index in [0.29, 0.717) is 16.8 Å². The first kappa shape index (κ1) is 17.1. The fourth-order valence-corrected chi connectivity index (χ4v) is 3.68. The molecule has 0 bridgehead atoms. The Hall–Kier alpha value is -2.70. The van der Waals surface area contributed by atoms with E-state index in [4.69, 9.17) is 0 Å². The van der Waals surface area contributed by atoms with Gasteiger partial charge in [-0.25, -0.2) is 4.79 Å². The molecule has 1 aromatic heterocycles. The molecule has 1 atom stereocenters. The van der Waals surface area contributed by atoms with Gasteiger partial charge in [0.2, 0.25) is 0 Å².